The first-order valence-corrected chi connectivity index (χ1v) is 14.4. The Balaban J connectivity index is 1.82. The van der Waals surface area contributed by atoms with Crippen molar-refractivity contribution in [2.75, 3.05) is 18.1 Å². The molecule has 3 atom stereocenters. The highest BCUT2D eigenvalue weighted by atomic mass is 32.1. The molecule has 0 spiro atoms. The number of carbonyl (C=O) groups is 3. The number of non-ortho nitro benzene ring substituents is 1. The first-order chi connectivity index (χ1) is 20.3. The largest absolute Gasteiger partial charge is 0.465 e. The first kappa shape index (κ1) is 28.7. The maximum absolute atomic E-state index is 14.7. The van der Waals surface area contributed by atoms with Crippen LogP contribution in [0.2, 0.25) is 0 Å². The fraction of sp³-hybridized carbons (Fsp3) is 0.258. The van der Waals surface area contributed by atoms with Crippen LogP contribution in [0.3, 0.4) is 0 Å². The average Bonchev–Trinajstić information content (AvgIpc) is 3.52. The number of thiophene rings is 1. The molecule has 1 aliphatic carbocycles. The molecule has 1 aromatic heterocycles. The van der Waals surface area contributed by atoms with E-state index in [2.05, 4.69) is 0 Å². The molecule has 0 saturated heterocycles. The monoisotopic (exact) mass is 587 g/mol. The van der Waals surface area contributed by atoms with Gasteiger partial charge in [0.15, 0.2) is 5.78 Å². The number of anilines is 1. The summed E-state index contributed by atoms with van der Waals surface area (Å²) in [6, 6.07) is 18.5. The Morgan fingerprint density at radius 2 is 1.79 bits per heavy atom. The van der Waals surface area contributed by atoms with E-state index in [0.29, 0.717) is 16.9 Å². The van der Waals surface area contributed by atoms with Crippen molar-refractivity contribution in [2.45, 2.75) is 32.1 Å². The fourth-order valence-electron chi connectivity index (χ4n) is 5.73. The summed E-state index contributed by atoms with van der Waals surface area (Å²) >= 11 is 1.43. The van der Waals surface area contributed by atoms with Crippen molar-refractivity contribution >= 4 is 40.4 Å². The lowest BCUT2D eigenvalue weighted by Gasteiger charge is -2.43. The Kier molecular flexibility index (Phi) is 8.21. The number of benzene rings is 2. The molecule has 2 N–H and O–H groups in total. The molecule has 0 radical (unpaired) electrons. The van der Waals surface area contributed by atoms with Crippen LogP contribution in [-0.4, -0.2) is 35.9 Å². The van der Waals surface area contributed by atoms with Crippen LogP contribution in [0.5, 0.6) is 0 Å². The number of ether oxygens (including phenoxy) is 2. The van der Waals surface area contributed by atoms with Gasteiger partial charge in [-0.15, -0.1) is 11.3 Å². The molecule has 1 aliphatic heterocycles. The highest BCUT2D eigenvalue weighted by Gasteiger charge is 2.51. The molecule has 3 aromatic rings. The van der Waals surface area contributed by atoms with Crippen LogP contribution < -0.4 is 10.6 Å². The zero-order valence-corrected chi connectivity index (χ0v) is 23.8. The second kappa shape index (κ2) is 12.0. The summed E-state index contributed by atoms with van der Waals surface area (Å²) in [4.78, 5) is 55.3. The fourth-order valence-corrected chi connectivity index (χ4v) is 6.60. The van der Waals surface area contributed by atoms with Crippen molar-refractivity contribution in [3.8, 4) is 0 Å². The van der Waals surface area contributed by atoms with Crippen LogP contribution in [0.4, 0.5) is 11.4 Å². The quantitative estimate of drug-likeness (QED) is 0.163. The number of rotatable bonds is 8. The standard InChI is InChI=1S/C31H29N3O7S/c1-3-40-30(36)25-21(23-14-9-15-42-23)17-22-26(28(25)35)24(18-10-8-13-20(16-18)34(38)39)27(31(37)41-4-2)29(32)33(22)19-11-6-5-7-12-19/h5-16,21,24-25H,3-4,17,32H2,1-2H3/t21-,24+,25+/m1/s1. The number of ketones is 1. The number of hydrogen-bond acceptors (Lipinski definition) is 10. The van der Waals surface area contributed by atoms with Crippen molar-refractivity contribution in [2.24, 2.45) is 11.7 Å². The van der Waals surface area contributed by atoms with E-state index in [1.54, 1.807) is 36.9 Å². The molecule has 42 heavy (non-hydrogen) atoms. The van der Waals surface area contributed by atoms with E-state index in [9.17, 15) is 24.5 Å². The smallest absolute Gasteiger partial charge is 0.338 e. The zero-order valence-electron chi connectivity index (χ0n) is 23.0. The summed E-state index contributed by atoms with van der Waals surface area (Å²) < 4.78 is 10.8. The van der Waals surface area contributed by atoms with Crippen LogP contribution in [0.1, 0.15) is 42.5 Å². The molecule has 0 amide bonds. The van der Waals surface area contributed by atoms with Crippen LogP contribution in [0.15, 0.2) is 94.8 Å². The van der Waals surface area contributed by atoms with E-state index in [1.165, 1.54) is 29.5 Å². The predicted octanol–water partition coefficient (Wildman–Crippen LogP) is 5.18. The van der Waals surface area contributed by atoms with Gasteiger partial charge in [0, 0.05) is 39.9 Å². The van der Waals surface area contributed by atoms with Gasteiger partial charge in [0.25, 0.3) is 5.69 Å². The van der Waals surface area contributed by atoms with Crippen LogP contribution in [-0.2, 0) is 23.9 Å². The molecule has 11 heteroatoms. The SMILES string of the molecule is CCOC(=O)C1=C(N)N(c2ccccc2)C2=C(C(=O)[C@@H](C(=O)OCC)[C@@H](c3cccs3)C2)[C@@H]1c1cccc([N+](=O)[O-])c1. The normalized spacial score (nSPS) is 20.3. The predicted molar refractivity (Wildman–Crippen MR) is 156 cm³/mol. The Morgan fingerprint density at radius 1 is 1.05 bits per heavy atom. The Bertz CT molecular complexity index is 1600. The third-order valence-corrected chi connectivity index (χ3v) is 8.42. The number of esters is 2. The number of nitrogens with zero attached hydrogens (tertiary/aromatic N) is 2. The molecule has 2 aromatic carbocycles. The van der Waals surface area contributed by atoms with Crippen LogP contribution in [0, 0.1) is 16.0 Å². The zero-order chi connectivity index (χ0) is 30.0. The van der Waals surface area contributed by atoms with Crippen LogP contribution in [0.25, 0.3) is 0 Å². The van der Waals surface area contributed by atoms with Gasteiger partial charge in [-0.2, -0.15) is 0 Å². The van der Waals surface area contributed by atoms with E-state index in [1.807, 2.05) is 35.7 Å². The Labute approximate surface area is 246 Å². The van der Waals surface area contributed by atoms with E-state index >= 15 is 0 Å². The van der Waals surface area contributed by atoms with Gasteiger partial charge in [-0.1, -0.05) is 36.4 Å². The molecular formula is C31H29N3O7S. The number of nitro groups is 1. The summed E-state index contributed by atoms with van der Waals surface area (Å²) in [5.41, 5.74) is 8.13. The molecule has 216 valence electrons. The first-order valence-electron chi connectivity index (χ1n) is 13.5. The third kappa shape index (κ3) is 5.07. The second-order valence-electron chi connectivity index (χ2n) is 9.76. The number of allylic oxidation sites excluding steroid dienone is 2. The van der Waals surface area contributed by atoms with E-state index in [0.717, 1.165) is 4.88 Å². The second-order valence-corrected chi connectivity index (χ2v) is 10.7. The minimum absolute atomic E-state index is 0.0361. The highest BCUT2D eigenvalue weighted by molar-refractivity contribution is 7.10. The Hall–Kier alpha value is -4.77. The van der Waals surface area contributed by atoms with Crippen LogP contribution >= 0.6 is 11.3 Å². The number of para-hydroxylation sites is 1. The van der Waals surface area contributed by atoms with Gasteiger partial charge in [0.1, 0.15) is 11.7 Å². The van der Waals surface area contributed by atoms with Crippen molar-refractivity contribution in [1.29, 1.82) is 0 Å². The van der Waals surface area contributed by atoms with Gasteiger partial charge in [0.05, 0.1) is 29.6 Å². The number of nitrogens with two attached hydrogens (primary N) is 1. The molecule has 0 fully saturated rings. The van der Waals surface area contributed by atoms with Crippen molar-refractivity contribution in [1.82, 2.24) is 0 Å². The van der Waals surface area contributed by atoms with Gasteiger partial charge >= 0.3 is 11.9 Å². The maximum Gasteiger partial charge on any atom is 0.338 e. The summed E-state index contributed by atoms with van der Waals surface area (Å²) in [6.45, 7) is 3.43. The molecule has 0 saturated carbocycles. The maximum atomic E-state index is 14.7. The van der Waals surface area contributed by atoms with Gasteiger partial charge < -0.3 is 15.2 Å². The van der Waals surface area contributed by atoms with Gasteiger partial charge in [-0.25, -0.2) is 4.79 Å². The molecule has 10 nitrogen and oxygen atoms in total. The lowest BCUT2D eigenvalue weighted by Crippen LogP contribution is -2.46. The van der Waals surface area contributed by atoms with E-state index in [-0.39, 0.29) is 42.3 Å². The third-order valence-electron chi connectivity index (χ3n) is 7.41. The van der Waals surface area contributed by atoms with E-state index in [4.69, 9.17) is 15.2 Å². The summed E-state index contributed by atoms with van der Waals surface area (Å²) in [7, 11) is 0. The topological polar surface area (TPSA) is 142 Å². The summed E-state index contributed by atoms with van der Waals surface area (Å²) in [5, 5.41) is 13.6. The minimum Gasteiger partial charge on any atom is -0.465 e. The highest BCUT2D eigenvalue weighted by Crippen LogP contribution is 2.52. The minimum atomic E-state index is -1.19. The van der Waals surface area contributed by atoms with Gasteiger partial charge in [0.2, 0.25) is 0 Å². The van der Waals surface area contributed by atoms with Gasteiger partial charge in [-0.3, -0.25) is 24.6 Å². The number of carbonyl (C=O) groups excluding carboxylic acids is 3. The van der Waals surface area contributed by atoms with E-state index < -0.39 is 40.4 Å². The molecule has 2 heterocycles. The number of hydrogen-bond donors (Lipinski definition) is 1. The lowest BCUT2D eigenvalue weighted by atomic mass is 9.68. The summed E-state index contributed by atoms with van der Waals surface area (Å²) in [5.74, 6) is -4.78. The lowest BCUT2D eigenvalue weighted by molar-refractivity contribution is -0.384. The Morgan fingerprint density at radius 3 is 2.43 bits per heavy atom. The molecule has 5 rings (SSSR count). The number of Topliss-reactive ketones (excluding diaryl/α,β-unsaturated/α-hetero) is 1. The molecular weight excluding hydrogens is 558 g/mol. The summed E-state index contributed by atoms with van der Waals surface area (Å²) in [6.07, 6.45) is 0.224. The molecule has 0 bridgehead atoms. The van der Waals surface area contributed by atoms with Crippen molar-refractivity contribution < 1.29 is 28.8 Å². The average molecular weight is 588 g/mol. The number of nitro benzene ring substituents is 1. The molecule has 2 aliphatic rings. The van der Waals surface area contributed by atoms with Crippen molar-refractivity contribution in [3.63, 3.8) is 0 Å². The van der Waals surface area contributed by atoms with Gasteiger partial charge in [-0.05, 0) is 49.4 Å². The van der Waals surface area contributed by atoms with Crippen molar-refractivity contribution in [3.05, 3.63) is 115 Å². The molecule has 0 unspecified atom stereocenters.